The molecule has 4 heteroatoms. The molecule has 0 atom stereocenters. The van der Waals surface area contributed by atoms with Gasteiger partial charge in [0.1, 0.15) is 0 Å². The van der Waals surface area contributed by atoms with E-state index in [1.807, 2.05) is 0 Å². The molecular weight excluding hydrogens is 192 g/mol. The molecule has 0 saturated heterocycles. The summed E-state index contributed by atoms with van der Waals surface area (Å²) in [6, 6.07) is 0. The number of H-pyrrole nitrogens is 1. The summed E-state index contributed by atoms with van der Waals surface area (Å²) in [5, 5.41) is 0. The maximum Gasteiger partial charge on any atom is 0.254 e. The second-order valence-corrected chi connectivity index (χ2v) is 3.96. The van der Waals surface area contributed by atoms with E-state index in [9.17, 15) is 9.59 Å². The fourth-order valence-corrected chi connectivity index (χ4v) is 1.95. The van der Waals surface area contributed by atoms with Crippen molar-refractivity contribution in [2.45, 2.75) is 39.0 Å². The summed E-state index contributed by atoms with van der Waals surface area (Å²) in [6.07, 6.45) is 4.83. The number of carbonyl (C=O) groups is 1. The van der Waals surface area contributed by atoms with Crippen LogP contribution >= 0.6 is 0 Å². The van der Waals surface area contributed by atoms with Crippen LogP contribution in [0.25, 0.3) is 0 Å². The highest BCUT2D eigenvalue weighted by molar-refractivity contribution is 5.90. The quantitative estimate of drug-likeness (QED) is 0.555. The zero-order valence-electron chi connectivity index (χ0n) is 8.80. The van der Waals surface area contributed by atoms with Gasteiger partial charge in [0.2, 0.25) is 0 Å². The van der Waals surface area contributed by atoms with E-state index in [0.29, 0.717) is 0 Å². The Hall–Kier alpha value is -1.45. The number of hydrogen-bond donors (Lipinski definition) is 1. The number of aryl methyl sites for hydroxylation is 1. The van der Waals surface area contributed by atoms with E-state index in [0.717, 1.165) is 43.4 Å². The van der Waals surface area contributed by atoms with Crippen molar-refractivity contribution in [1.82, 2.24) is 9.97 Å². The van der Waals surface area contributed by atoms with Gasteiger partial charge in [-0.2, -0.15) is 0 Å². The van der Waals surface area contributed by atoms with Gasteiger partial charge in [-0.1, -0.05) is 6.42 Å². The molecule has 0 aromatic carbocycles. The molecule has 0 amide bonds. The van der Waals surface area contributed by atoms with Gasteiger partial charge in [0.05, 0.1) is 5.69 Å². The summed E-state index contributed by atoms with van der Waals surface area (Å²) in [6.45, 7) is 1.42. The molecule has 15 heavy (non-hydrogen) atoms. The van der Waals surface area contributed by atoms with E-state index in [-0.39, 0.29) is 17.2 Å². The van der Waals surface area contributed by atoms with Crippen LogP contribution in [0.5, 0.6) is 0 Å². The zero-order valence-corrected chi connectivity index (χ0v) is 8.80. The predicted molar refractivity (Wildman–Crippen MR) is 56.1 cm³/mol. The lowest BCUT2D eigenvalue weighted by Crippen LogP contribution is -2.21. The third-order valence-electron chi connectivity index (χ3n) is 2.77. The van der Waals surface area contributed by atoms with Crippen LogP contribution in [0.4, 0.5) is 0 Å². The average Bonchev–Trinajstić information content (AvgIpc) is 2.42. The van der Waals surface area contributed by atoms with Crippen LogP contribution in [0.3, 0.4) is 0 Å². The highest BCUT2D eigenvalue weighted by atomic mass is 16.1. The molecule has 0 saturated carbocycles. The molecular formula is C11H14N2O2. The first-order valence-corrected chi connectivity index (χ1v) is 5.31. The van der Waals surface area contributed by atoms with Crippen molar-refractivity contribution < 1.29 is 4.79 Å². The van der Waals surface area contributed by atoms with E-state index in [4.69, 9.17) is 0 Å². The van der Waals surface area contributed by atoms with Gasteiger partial charge in [-0.15, -0.1) is 0 Å². The smallest absolute Gasteiger partial charge is 0.254 e. The van der Waals surface area contributed by atoms with Crippen molar-refractivity contribution >= 4 is 5.78 Å². The van der Waals surface area contributed by atoms with Crippen LogP contribution in [-0.4, -0.2) is 15.8 Å². The number of fused-ring (bicyclic) bond motifs is 1. The summed E-state index contributed by atoms with van der Waals surface area (Å²) in [4.78, 5) is 29.6. The van der Waals surface area contributed by atoms with Gasteiger partial charge in [0, 0.05) is 12.5 Å². The molecule has 0 fully saturated rings. The van der Waals surface area contributed by atoms with Crippen LogP contribution in [0.15, 0.2) is 4.79 Å². The van der Waals surface area contributed by atoms with Crippen molar-refractivity contribution in [3.63, 3.8) is 0 Å². The summed E-state index contributed by atoms with van der Waals surface area (Å²) in [7, 11) is 0. The Morgan fingerprint density at radius 1 is 1.27 bits per heavy atom. The second kappa shape index (κ2) is 3.96. The lowest BCUT2D eigenvalue weighted by molar-refractivity contribution is 0.100. The molecule has 1 aliphatic carbocycles. The molecule has 1 N–H and O–H groups in total. The lowest BCUT2D eigenvalue weighted by Gasteiger charge is -2.04. The predicted octanol–water partition coefficient (Wildman–Crippen LogP) is 1.24. The first kappa shape index (κ1) is 10.1. The van der Waals surface area contributed by atoms with Crippen LogP contribution in [-0.2, 0) is 12.8 Å². The Labute approximate surface area is 87.7 Å². The second-order valence-electron chi connectivity index (χ2n) is 3.96. The Kier molecular flexibility index (Phi) is 2.66. The third kappa shape index (κ3) is 1.98. The fourth-order valence-electron chi connectivity index (χ4n) is 1.95. The Bertz CT molecular complexity index is 448. The van der Waals surface area contributed by atoms with Gasteiger partial charge in [-0.3, -0.25) is 9.59 Å². The molecule has 0 unspecified atom stereocenters. The third-order valence-corrected chi connectivity index (χ3v) is 2.77. The summed E-state index contributed by atoms with van der Waals surface area (Å²) >= 11 is 0. The SMILES string of the molecule is CC(=O)c1nc2c(c(=O)[nH]1)CCCCC2. The number of hydrogen-bond acceptors (Lipinski definition) is 3. The minimum atomic E-state index is -0.181. The first-order valence-electron chi connectivity index (χ1n) is 5.31. The Balaban J connectivity index is 2.53. The topological polar surface area (TPSA) is 62.8 Å². The summed E-state index contributed by atoms with van der Waals surface area (Å²) < 4.78 is 0. The van der Waals surface area contributed by atoms with Crippen molar-refractivity contribution in [3.8, 4) is 0 Å². The fraction of sp³-hybridized carbons (Fsp3) is 0.545. The van der Waals surface area contributed by atoms with E-state index < -0.39 is 0 Å². The number of ketones is 1. The van der Waals surface area contributed by atoms with Crippen LogP contribution in [0.1, 0.15) is 48.1 Å². The first-order chi connectivity index (χ1) is 7.18. The normalized spacial score (nSPS) is 15.5. The lowest BCUT2D eigenvalue weighted by atomic mass is 10.1. The number of rotatable bonds is 1. The molecule has 0 bridgehead atoms. The van der Waals surface area contributed by atoms with Gasteiger partial charge in [-0.05, 0) is 25.7 Å². The van der Waals surface area contributed by atoms with Crippen molar-refractivity contribution in [2.24, 2.45) is 0 Å². The zero-order chi connectivity index (χ0) is 10.8. The highest BCUT2D eigenvalue weighted by Crippen LogP contribution is 2.15. The van der Waals surface area contributed by atoms with Gasteiger partial charge in [-0.25, -0.2) is 4.98 Å². The van der Waals surface area contributed by atoms with Crippen molar-refractivity contribution in [1.29, 1.82) is 0 Å². The van der Waals surface area contributed by atoms with Crippen LogP contribution in [0.2, 0.25) is 0 Å². The molecule has 1 aromatic rings. The van der Waals surface area contributed by atoms with E-state index in [1.54, 1.807) is 0 Å². The molecule has 1 heterocycles. The molecule has 2 rings (SSSR count). The number of nitrogens with one attached hydrogen (secondary N) is 1. The molecule has 0 radical (unpaired) electrons. The molecule has 0 aliphatic heterocycles. The number of aromatic amines is 1. The summed E-state index contributed by atoms with van der Waals surface area (Å²) in [5.41, 5.74) is 1.46. The Morgan fingerprint density at radius 2 is 2.00 bits per heavy atom. The van der Waals surface area contributed by atoms with Gasteiger partial charge in [0.25, 0.3) is 5.56 Å². The number of nitrogens with zero attached hydrogens (tertiary/aromatic N) is 1. The molecule has 1 aromatic heterocycles. The van der Waals surface area contributed by atoms with Crippen LogP contribution in [0, 0.1) is 0 Å². The monoisotopic (exact) mass is 206 g/mol. The Morgan fingerprint density at radius 3 is 2.73 bits per heavy atom. The number of Topliss-reactive ketones (excluding diaryl/α,β-unsaturated/α-hetero) is 1. The van der Waals surface area contributed by atoms with Crippen molar-refractivity contribution in [2.75, 3.05) is 0 Å². The number of aromatic nitrogens is 2. The highest BCUT2D eigenvalue weighted by Gasteiger charge is 2.15. The van der Waals surface area contributed by atoms with Crippen LogP contribution < -0.4 is 5.56 Å². The van der Waals surface area contributed by atoms with E-state index in [2.05, 4.69) is 9.97 Å². The number of carbonyl (C=O) groups excluding carboxylic acids is 1. The largest absolute Gasteiger partial charge is 0.304 e. The molecule has 1 aliphatic rings. The summed E-state index contributed by atoms with van der Waals surface area (Å²) in [5.74, 6) is 0.0137. The molecule has 80 valence electrons. The van der Waals surface area contributed by atoms with E-state index in [1.165, 1.54) is 6.92 Å². The maximum atomic E-state index is 11.7. The van der Waals surface area contributed by atoms with Crippen molar-refractivity contribution in [3.05, 3.63) is 27.4 Å². The molecule has 0 spiro atoms. The van der Waals surface area contributed by atoms with E-state index >= 15 is 0 Å². The molecule has 4 nitrogen and oxygen atoms in total. The maximum absolute atomic E-state index is 11.7. The van der Waals surface area contributed by atoms with Gasteiger partial charge in [0.15, 0.2) is 11.6 Å². The van der Waals surface area contributed by atoms with Gasteiger partial charge < -0.3 is 4.98 Å². The minimum absolute atomic E-state index is 0.132. The standard InChI is InChI=1S/C11H14N2O2/c1-7(14)10-12-9-6-4-2-3-5-8(9)11(15)13-10/h2-6H2,1H3,(H,12,13,15). The van der Waals surface area contributed by atoms with Gasteiger partial charge >= 0.3 is 0 Å². The minimum Gasteiger partial charge on any atom is -0.304 e. The average molecular weight is 206 g/mol.